The number of hydrogen-bond acceptors (Lipinski definition) is 2. The number of fused-ring (bicyclic) bond motifs is 1. The van der Waals surface area contributed by atoms with Crippen molar-refractivity contribution < 1.29 is 0 Å². The molecule has 0 spiro atoms. The van der Waals surface area contributed by atoms with Crippen molar-refractivity contribution in [3.63, 3.8) is 0 Å². The summed E-state index contributed by atoms with van der Waals surface area (Å²) in [7, 11) is 2.00. The minimum Gasteiger partial charge on any atom is -0.316 e. The number of benzene rings is 1. The summed E-state index contributed by atoms with van der Waals surface area (Å²) in [4.78, 5) is 0. The summed E-state index contributed by atoms with van der Waals surface area (Å²) in [5.41, 5.74) is 4.44. The van der Waals surface area contributed by atoms with Crippen LogP contribution in [0.1, 0.15) is 36.1 Å². The first kappa shape index (κ1) is 10.7. The molecule has 2 heteroatoms. The van der Waals surface area contributed by atoms with Gasteiger partial charge >= 0.3 is 0 Å². The van der Waals surface area contributed by atoms with Crippen LogP contribution in [0.4, 0.5) is 0 Å². The van der Waals surface area contributed by atoms with Crippen LogP contribution in [-0.2, 0) is 13.0 Å². The van der Waals surface area contributed by atoms with Crippen molar-refractivity contribution in [1.82, 2.24) is 10.6 Å². The van der Waals surface area contributed by atoms with Gasteiger partial charge in [-0.25, -0.2) is 0 Å². The number of rotatable bonds is 3. The van der Waals surface area contributed by atoms with Crippen LogP contribution in [0.15, 0.2) is 18.2 Å². The van der Waals surface area contributed by atoms with Crippen LogP contribution < -0.4 is 10.6 Å². The number of nitrogens with one attached hydrogen (secondary N) is 2. The molecule has 82 valence electrons. The third-order valence-corrected chi connectivity index (χ3v) is 3.16. The van der Waals surface area contributed by atoms with Crippen molar-refractivity contribution in [1.29, 1.82) is 0 Å². The zero-order valence-electron chi connectivity index (χ0n) is 9.64. The van der Waals surface area contributed by atoms with E-state index in [4.69, 9.17) is 0 Å². The molecule has 1 unspecified atom stereocenters. The lowest BCUT2D eigenvalue weighted by Gasteiger charge is -2.26. The van der Waals surface area contributed by atoms with Crippen LogP contribution in [0.2, 0.25) is 0 Å². The van der Waals surface area contributed by atoms with Gasteiger partial charge in [0.2, 0.25) is 0 Å². The van der Waals surface area contributed by atoms with E-state index in [2.05, 4.69) is 35.8 Å². The molecule has 1 aromatic rings. The SMILES string of the molecule is CCC1NCCc2cc(CNC)ccc21. The average Bonchev–Trinajstić information content (AvgIpc) is 2.28. The molecule has 0 amide bonds. The Hall–Kier alpha value is -0.860. The molecule has 0 aliphatic carbocycles. The lowest BCUT2D eigenvalue weighted by molar-refractivity contribution is 0.492. The van der Waals surface area contributed by atoms with Gasteiger partial charge in [-0.2, -0.15) is 0 Å². The van der Waals surface area contributed by atoms with E-state index >= 15 is 0 Å². The highest BCUT2D eigenvalue weighted by Crippen LogP contribution is 2.25. The molecule has 15 heavy (non-hydrogen) atoms. The Morgan fingerprint density at radius 2 is 2.33 bits per heavy atom. The normalized spacial score (nSPS) is 20.0. The molecule has 0 aromatic heterocycles. The van der Waals surface area contributed by atoms with Crippen LogP contribution in [0.3, 0.4) is 0 Å². The zero-order chi connectivity index (χ0) is 10.7. The third-order valence-electron chi connectivity index (χ3n) is 3.16. The van der Waals surface area contributed by atoms with Crippen LogP contribution in [0.5, 0.6) is 0 Å². The maximum atomic E-state index is 3.56. The predicted octanol–water partition coefficient (Wildman–Crippen LogP) is 2.00. The summed E-state index contributed by atoms with van der Waals surface area (Å²) in [6.45, 7) is 4.33. The van der Waals surface area contributed by atoms with Gasteiger partial charge in [-0.1, -0.05) is 25.1 Å². The molecule has 1 aliphatic heterocycles. The first-order valence-corrected chi connectivity index (χ1v) is 5.84. The van der Waals surface area contributed by atoms with Crippen LogP contribution in [0, 0.1) is 0 Å². The number of hydrogen-bond donors (Lipinski definition) is 2. The Labute approximate surface area is 92.1 Å². The van der Waals surface area contributed by atoms with Crippen molar-refractivity contribution in [2.24, 2.45) is 0 Å². The minimum absolute atomic E-state index is 0.567. The van der Waals surface area contributed by atoms with E-state index in [1.165, 1.54) is 29.5 Å². The van der Waals surface area contributed by atoms with Gasteiger partial charge in [-0.15, -0.1) is 0 Å². The molecule has 0 saturated carbocycles. The second-order valence-electron chi connectivity index (χ2n) is 4.23. The molecule has 0 bridgehead atoms. The topological polar surface area (TPSA) is 24.1 Å². The Morgan fingerprint density at radius 1 is 1.47 bits per heavy atom. The van der Waals surface area contributed by atoms with Gasteiger partial charge in [0, 0.05) is 12.6 Å². The molecule has 1 atom stereocenters. The van der Waals surface area contributed by atoms with E-state index in [0.29, 0.717) is 6.04 Å². The third kappa shape index (κ3) is 2.21. The molecule has 1 aliphatic rings. The summed E-state index contributed by atoms with van der Waals surface area (Å²) in [5.74, 6) is 0. The quantitative estimate of drug-likeness (QED) is 0.787. The highest BCUT2D eigenvalue weighted by atomic mass is 14.9. The summed E-state index contributed by atoms with van der Waals surface area (Å²) >= 11 is 0. The molecule has 0 saturated heterocycles. The molecular formula is C13H20N2. The average molecular weight is 204 g/mol. The van der Waals surface area contributed by atoms with E-state index in [1.807, 2.05) is 7.05 Å². The largest absolute Gasteiger partial charge is 0.316 e. The second-order valence-corrected chi connectivity index (χ2v) is 4.23. The molecule has 2 N–H and O–H groups in total. The van der Waals surface area contributed by atoms with Gasteiger partial charge in [0.1, 0.15) is 0 Å². The van der Waals surface area contributed by atoms with Gasteiger partial charge in [-0.3, -0.25) is 0 Å². The molecular weight excluding hydrogens is 184 g/mol. The van der Waals surface area contributed by atoms with E-state index in [9.17, 15) is 0 Å². The highest BCUT2D eigenvalue weighted by molar-refractivity contribution is 5.36. The fourth-order valence-corrected chi connectivity index (χ4v) is 2.38. The van der Waals surface area contributed by atoms with Gasteiger partial charge in [0.25, 0.3) is 0 Å². The van der Waals surface area contributed by atoms with E-state index in [-0.39, 0.29) is 0 Å². The lowest BCUT2D eigenvalue weighted by Crippen LogP contribution is -2.29. The molecule has 1 aromatic carbocycles. The molecule has 2 nitrogen and oxygen atoms in total. The van der Waals surface area contributed by atoms with Gasteiger partial charge in [-0.05, 0) is 43.1 Å². The summed E-state index contributed by atoms with van der Waals surface area (Å²) in [5, 5.41) is 6.76. The van der Waals surface area contributed by atoms with E-state index < -0.39 is 0 Å². The van der Waals surface area contributed by atoms with Crippen LogP contribution >= 0.6 is 0 Å². The van der Waals surface area contributed by atoms with Crippen molar-refractivity contribution in [3.8, 4) is 0 Å². The second kappa shape index (κ2) is 4.77. The Balaban J connectivity index is 2.27. The summed E-state index contributed by atoms with van der Waals surface area (Å²) in [6.07, 6.45) is 2.35. The minimum atomic E-state index is 0.567. The van der Waals surface area contributed by atoms with Crippen LogP contribution in [0.25, 0.3) is 0 Å². The van der Waals surface area contributed by atoms with Crippen molar-refractivity contribution in [2.45, 2.75) is 32.4 Å². The highest BCUT2D eigenvalue weighted by Gasteiger charge is 2.17. The zero-order valence-corrected chi connectivity index (χ0v) is 9.64. The summed E-state index contributed by atoms with van der Waals surface area (Å²) < 4.78 is 0. The standard InChI is InChI=1S/C13H20N2/c1-3-13-12-5-4-10(9-14-2)8-11(12)6-7-15-13/h4-5,8,13-15H,3,6-7,9H2,1-2H3. The van der Waals surface area contributed by atoms with E-state index in [0.717, 1.165) is 13.1 Å². The molecule has 2 rings (SSSR count). The lowest BCUT2D eigenvalue weighted by atomic mass is 9.91. The fraction of sp³-hybridized carbons (Fsp3) is 0.538. The molecule has 0 radical (unpaired) electrons. The fourth-order valence-electron chi connectivity index (χ4n) is 2.38. The maximum absolute atomic E-state index is 3.56. The van der Waals surface area contributed by atoms with Gasteiger partial charge in [0.05, 0.1) is 0 Å². The van der Waals surface area contributed by atoms with Gasteiger partial charge < -0.3 is 10.6 Å². The van der Waals surface area contributed by atoms with Gasteiger partial charge in [0.15, 0.2) is 0 Å². The Kier molecular flexibility index (Phi) is 3.39. The smallest absolute Gasteiger partial charge is 0.0320 e. The van der Waals surface area contributed by atoms with Crippen molar-refractivity contribution in [2.75, 3.05) is 13.6 Å². The molecule has 1 heterocycles. The van der Waals surface area contributed by atoms with Crippen molar-refractivity contribution >= 4 is 0 Å². The van der Waals surface area contributed by atoms with E-state index in [1.54, 1.807) is 0 Å². The Morgan fingerprint density at radius 3 is 3.07 bits per heavy atom. The van der Waals surface area contributed by atoms with Crippen molar-refractivity contribution in [3.05, 3.63) is 34.9 Å². The maximum Gasteiger partial charge on any atom is 0.0320 e. The molecule has 0 fully saturated rings. The summed E-state index contributed by atoms with van der Waals surface area (Å²) in [6, 6.07) is 7.46. The monoisotopic (exact) mass is 204 g/mol. The first-order chi connectivity index (χ1) is 7.35. The predicted molar refractivity (Wildman–Crippen MR) is 63.9 cm³/mol. The first-order valence-electron chi connectivity index (χ1n) is 5.84. The Bertz CT molecular complexity index is 333. The van der Waals surface area contributed by atoms with Crippen LogP contribution in [-0.4, -0.2) is 13.6 Å².